The van der Waals surface area contributed by atoms with Crippen LogP contribution in [-0.2, 0) is 0 Å². The molecule has 0 saturated heterocycles. The van der Waals surface area contributed by atoms with Crippen molar-refractivity contribution in [3.8, 4) is 6.19 Å². The first-order valence-electron chi connectivity index (χ1n) is 4.08. The second-order valence-corrected chi connectivity index (χ2v) is 3.13. The number of benzene rings is 1. The molecule has 1 aromatic rings. The Morgan fingerprint density at radius 1 is 1.38 bits per heavy atom. The van der Waals surface area contributed by atoms with Gasteiger partial charge in [-0.05, 0) is 24.6 Å². The number of nitriles is 1. The molecule has 0 radical (unpaired) electrons. The van der Waals surface area contributed by atoms with Crippen molar-refractivity contribution < 1.29 is 0 Å². The maximum Gasteiger partial charge on any atom is 0.181 e. The summed E-state index contributed by atoms with van der Waals surface area (Å²) in [5, 5.41) is 11.1. The molecule has 13 heavy (non-hydrogen) atoms. The molecular formula is C10H13N3. The Morgan fingerprint density at radius 3 is 2.62 bits per heavy atom. The molecule has 0 saturated carbocycles. The molecule has 1 rings (SSSR count). The lowest BCUT2D eigenvalue weighted by Gasteiger charge is -2.16. The van der Waals surface area contributed by atoms with Gasteiger partial charge in [-0.3, -0.25) is 5.32 Å². The smallest absolute Gasteiger partial charge is 0.181 e. The third-order valence-corrected chi connectivity index (χ3v) is 1.89. The van der Waals surface area contributed by atoms with Gasteiger partial charge < -0.3 is 4.90 Å². The average molecular weight is 175 g/mol. The van der Waals surface area contributed by atoms with Gasteiger partial charge in [0.15, 0.2) is 6.19 Å². The summed E-state index contributed by atoms with van der Waals surface area (Å²) in [5.74, 6) is 0. The first-order valence-corrected chi connectivity index (χ1v) is 4.08. The second kappa shape index (κ2) is 3.81. The van der Waals surface area contributed by atoms with Crippen LogP contribution >= 0.6 is 0 Å². The van der Waals surface area contributed by atoms with E-state index in [1.54, 1.807) is 0 Å². The van der Waals surface area contributed by atoms with Crippen molar-refractivity contribution in [1.29, 1.82) is 5.26 Å². The predicted octanol–water partition coefficient (Wildman–Crippen LogP) is 1.95. The van der Waals surface area contributed by atoms with Crippen LogP contribution in [0.4, 0.5) is 11.4 Å². The summed E-state index contributed by atoms with van der Waals surface area (Å²) in [6, 6.07) is 5.85. The lowest BCUT2D eigenvalue weighted by atomic mass is 10.1. The van der Waals surface area contributed by atoms with E-state index in [1.807, 2.05) is 50.3 Å². The third-order valence-electron chi connectivity index (χ3n) is 1.89. The standard InChI is InChI=1S/C10H13N3/c1-8-4-5-9(12-7-11)6-10(8)13(2)3/h4-6,12H,1-3H3. The molecule has 0 heterocycles. The van der Waals surface area contributed by atoms with Crippen LogP contribution in [0.15, 0.2) is 18.2 Å². The highest BCUT2D eigenvalue weighted by Gasteiger charge is 2.01. The molecule has 1 N–H and O–H groups in total. The summed E-state index contributed by atoms with van der Waals surface area (Å²) in [6.45, 7) is 2.05. The fourth-order valence-electron chi connectivity index (χ4n) is 1.23. The van der Waals surface area contributed by atoms with Gasteiger partial charge in [-0.15, -0.1) is 0 Å². The zero-order valence-electron chi connectivity index (χ0n) is 8.13. The van der Waals surface area contributed by atoms with E-state index >= 15 is 0 Å². The number of rotatable bonds is 2. The van der Waals surface area contributed by atoms with Crippen LogP contribution in [0.2, 0.25) is 0 Å². The molecule has 0 aliphatic heterocycles. The largest absolute Gasteiger partial charge is 0.377 e. The lowest BCUT2D eigenvalue weighted by molar-refractivity contribution is 1.11. The molecular weight excluding hydrogens is 162 g/mol. The molecule has 3 nitrogen and oxygen atoms in total. The zero-order chi connectivity index (χ0) is 9.84. The van der Waals surface area contributed by atoms with E-state index in [1.165, 1.54) is 5.56 Å². The van der Waals surface area contributed by atoms with E-state index in [-0.39, 0.29) is 0 Å². The predicted molar refractivity (Wildman–Crippen MR) is 54.7 cm³/mol. The van der Waals surface area contributed by atoms with Crippen LogP contribution < -0.4 is 10.2 Å². The number of aryl methyl sites for hydroxylation is 1. The zero-order valence-corrected chi connectivity index (χ0v) is 8.13. The second-order valence-electron chi connectivity index (χ2n) is 3.13. The molecule has 1 aromatic carbocycles. The quantitative estimate of drug-likeness (QED) is 0.551. The minimum absolute atomic E-state index is 0.830. The van der Waals surface area contributed by atoms with E-state index in [4.69, 9.17) is 5.26 Å². The van der Waals surface area contributed by atoms with E-state index in [0.717, 1.165) is 11.4 Å². The Labute approximate surface area is 78.6 Å². The van der Waals surface area contributed by atoms with Crippen molar-refractivity contribution in [2.45, 2.75) is 6.92 Å². The van der Waals surface area contributed by atoms with Crippen LogP contribution in [0.3, 0.4) is 0 Å². The number of anilines is 2. The third kappa shape index (κ3) is 2.12. The van der Waals surface area contributed by atoms with Gasteiger partial charge in [0.05, 0.1) is 0 Å². The molecule has 0 fully saturated rings. The number of nitrogens with one attached hydrogen (secondary N) is 1. The van der Waals surface area contributed by atoms with Gasteiger partial charge in [-0.2, -0.15) is 5.26 Å². The van der Waals surface area contributed by atoms with E-state index < -0.39 is 0 Å². The van der Waals surface area contributed by atoms with Gasteiger partial charge in [-0.1, -0.05) is 6.07 Å². The molecule has 0 atom stereocenters. The van der Waals surface area contributed by atoms with Gasteiger partial charge in [-0.25, -0.2) is 0 Å². The summed E-state index contributed by atoms with van der Waals surface area (Å²) in [4.78, 5) is 2.03. The van der Waals surface area contributed by atoms with Gasteiger partial charge in [0.2, 0.25) is 0 Å². The van der Waals surface area contributed by atoms with E-state index in [2.05, 4.69) is 5.32 Å². The van der Waals surface area contributed by atoms with Crippen molar-refractivity contribution in [2.24, 2.45) is 0 Å². The minimum Gasteiger partial charge on any atom is -0.377 e. The molecule has 0 unspecified atom stereocenters. The normalized spacial score (nSPS) is 9.08. The van der Waals surface area contributed by atoms with Crippen LogP contribution in [0.5, 0.6) is 0 Å². The van der Waals surface area contributed by atoms with Gasteiger partial charge in [0.1, 0.15) is 0 Å². The summed E-state index contributed by atoms with van der Waals surface area (Å²) in [6.07, 6.45) is 1.90. The van der Waals surface area contributed by atoms with Crippen molar-refractivity contribution in [3.05, 3.63) is 23.8 Å². The molecule has 0 aliphatic rings. The van der Waals surface area contributed by atoms with Gasteiger partial charge in [0.25, 0.3) is 0 Å². The molecule has 0 spiro atoms. The summed E-state index contributed by atoms with van der Waals surface area (Å²) in [7, 11) is 3.97. The van der Waals surface area contributed by atoms with E-state index in [0.29, 0.717) is 0 Å². The summed E-state index contributed by atoms with van der Waals surface area (Å²) < 4.78 is 0. The molecule has 3 heteroatoms. The lowest BCUT2D eigenvalue weighted by Crippen LogP contribution is -2.10. The van der Waals surface area contributed by atoms with Crippen LogP contribution in [-0.4, -0.2) is 14.1 Å². The monoisotopic (exact) mass is 175 g/mol. The first kappa shape index (κ1) is 9.40. The van der Waals surface area contributed by atoms with Gasteiger partial charge in [0, 0.05) is 25.5 Å². The highest BCUT2D eigenvalue weighted by Crippen LogP contribution is 2.21. The number of hydrogen-bond donors (Lipinski definition) is 1. The van der Waals surface area contributed by atoms with Crippen molar-refractivity contribution in [3.63, 3.8) is 0 Å². The number of hydrogen-bond acceptors (Lipinski definition) is 3. The Balaban J connectivity index is 3.05. The highest BCUT2D eigenvalue weighted by molar-refractivity contribution is 5.62. The van der Waals surface area contributed by atoms with Gasteiger partial charge >= 0.3 is 0 Å². The fourth-order valence-corrected chi connectivity index (χ4v) is 1.23. The maximum absolute atomic E-state index is 8.44. The maximum atomic E-state index is 8.44. The van der Waals surface area contributed by atoms with Crippen LogP contribution in [0, 0.1) is 18.4 Å². The molecule has 0 amide bonds. The Morgan fingerprint density at radius 2 is 2.08 bits per heavy atom. The molecule has 0 bridgehead atoms. The average Bonchev–Trinajstić information content (AvgIpc) is 2.08. The number of nitrogens with zero attached hydrogens (tertiary/aromatic N) is 2. The fraction of sp³-hybridized carbons (Fsp3) is 0.300. The Bertz CT molecular complexity index is 337. The summed E-state index contributed by atoms with van der Waals surface area (Å²) in [5.41, 5.74) is 3.16. The topological polar surface area (TPSA) is 39.1 Å². The van der Waals surface area contributed by atoms with Crippen molar-refractivity contribution in [1.82, 2.24) is 0 Å². The van der Waals surface area contributed by atoms with Crippen molar-refractivity contribution >= 4 is 11.4 Å². The van der Waals surface area contributed by atoms with Crippen molar-refractivity contribution in [2.75, 3.05) is 24.3 Å². The van der Waals surface area contributed by atoms with Crippen LogP contribution in [0.25, 0.3) is 0 Å². The summed E-state index contributed by atoms with van der Waals surface area (Å²) >= 11 is 0. The molecule has 0 aromatic heterocycles. The SMILES string of the molecule is Cc1ccc(NC#N)cc1N(C)C. The van der Waals surface area contributed by atoms with Crippen LogP contribution in [0.1, 0.15) is 5.56 Å². The molecule has 0 aliphatic carbocycles. The molecule has 68 valence electrons. The van der Waals surface area contributed by atoms with E-state index in [9.17, 15) is 0 Å². The first-order chi connectivity index (χ1) is 6.15. The Hall–Kier alpha value is -1.69. The minimum atomic E-state index is 0.830. The highest BCUT2D eigenvalue weighted by atomic mass is 15.1. The Kier molecular flexibility index (Phi) is 2.76.